The molecule has 172 valence electrons. The molecule has 3 aromatic rings. The maximum atomic E-state index is 13.9. The summed E-state index contributed by atoms with van der Waals surface area (Å²) in [7, 11) is 1.67. The number of hydrogen-bond donors (Lipinski definition) is 1. The minimum absolute atomic E-state index is 0.00203. The van der Waals surface area contributed by atoms with Gasteiger partial charge < -0.3 is 19.5 Å². The van der Waals surface area contributed by atoms with E-state index >= 15 is 0 Å². The van der Waals surface area contributed by atoms with Gasteiger partial charge in [0.1, 0.15) is 5.75 Å². The van der Waals surface area contributed by atoms with Crippen LogP contribution in [0, 0.1) is 0 Å². The number of unbranched alkanes of at least 4 members (excludes halogenated alkanes) is 2. The number of aromatic amines is 1. The van der Waals surface area contributed by atoms with Crippen LogP contribution in [-0.4, -0.2) is 53.3 Å². The van der Waals surface area contributed by atoms with Gasteiger partial charge in [-0.05, 0) is 31.0 Å². The zero-order chi connectivity index (χ0) is 23.2. The summed E-state index contributed by atoms with van der Waals surface area (Å²) in [5.41, 5.74) is 2.87. The lowest BCUT2D eigenvalue weighted by atomic mass is 9.76. The molecule has 0 saturated carbocycles. The monoisotopic (exact) mass is 445 g/mol. The van der Waals surface area contributed by atoms with Crippen molar-refractivity contribution < 1.29 is 14.3 Å². The van der Waals surface area contributed by atoms with Crippen LogP contribution in [0.5, 0.6) is 5.75 Å². The number of rotatable bonds is 6. The fourth-order valence-electron chi connectivity index (χ4n) is 5.64. The SMILES string of the molecule is CCCCCN1CC(=O)N2C[C@@H](c3ccccc3OC)c3c([nH]c4ccccc34)[C@@]2(C)C1=O. The highest BCUT2D eigenvalue weighted by atomic mass is 16.5. The van der Waals surface area contributed by atoms with Gasteiger partial charge in [-0.1, -0.05) is 56.2 Å². The fraction of sp³-hybridized carbons (Fsp3) is 0.407. The zero-order valence-corrected chi connectivity index (χ0v) is 19.6. The Hall–Kier alpha value is -3.28. The number of ether oxygens (including phenoxy) is 1. The number of nitrogens with one attached hydrogen (secondary N) is 1. The number of nitrogens with zero attached hydrogens (tertiary/aromatic N) is 2. The van der Waals surface area contributed by atoms with Crippen LogP contribution < -0.4 is 4.74 Å². The van der Waals surface area contributed by atoms with E-state index in [1.54, 1.807) is 16.9 Å². The fourth-order valence-corrected chi connectivity index (χ4v) is 5.64. The maximum Gasteiger partial charge on any atom is 0.254 e. The summed E-state index contributed by atoms with van der Waals surface area (Å²) in [4.78, 5) is 34.5. The first-order valence-electron chi connectivity index (χ1n) is 11.8. The standard InChI is InChI=1S/C27H31N3O3/c1-4-5-10-15-29-17-23(31)30-16-20(18-11-7-9-14-22(18)33-3)24-19-12-6-8-13-21(19)28-25(24)27(30,2)26(29)32/h6-9,11-14,20,28H,4-5,10,15-17H2,1-3H3/t20-,27-/m0/s1. The molecule has 1 saturated heterocycles. The smallest absolute Gasteiger partial charge is 0.254 e. The summed E-state index contributed by atoms with van der Waals surface area (Å²) in [5, 5.41) is 1.09. The molecule has 3 heterocycles. The van der Waals surface area contributed by atoms with E-state index in [9.17, 15) is 9.59 Å². The number of piperazine rings is 1. The summed E-state index contributed by atoms with van der Waals surface area (Å²) in [6, 6.07) is 16.1. The van der Waals surface area contributed by atoms with E-state index in [0.29, 0.717) is 13.1 Å². The second-order valence-corrected chi connectivity index (χ2v) is 9.26. The van der Waals surface area contributed by atoms with Gasteiger partial charge in [0.2, 0.25) is 5.91 Å². The number of fused-ring (bicyclic) bond motifs is 5. The van der Waals surface area contributed by atoms with Crippen LogP contribution >= 0.6 is 0 Å². The predicted molar refractivity (Wildman–Crippen MR) is 128 cm³/mol. The van der Waals surface area contributed by atoms with Crippen LogP contribution in [0.15, 0.2) is 48.5 Å². The number of hydrogen-bond acceptors (Lipinski definition) is 3. The van der Waals surface area contributed by atoms with Gasteiger partial charge in [-0.25, -0.2) is 0 Å². The summed E-state index contributed by atoms with van der Waals surface area (Å²) < 4.78 is 5.69. The van der Waals surface area contributed by atoms with Gasteiger partial charge in [0.15, 0.2) is 5.54 Å². The number of carbonyl (C=O) groups excluding carboxylic acids is 2. The zero-order valence-electron chi connectivity index (χ0n) is 19.6. The van der Waals surface area contributed by atoms with Crippen molar-refractivity contribution >= 4 is 22.7 Å². The molecular weight excluding hydrogens is 414 g/mol. The Balaban J connectivity index is 1.69. The van der Waals surface area contributed by atoms with Crippen molar-refractivity contribution in [2.24, 2.45) is 0 Å². The lowest BCUT2D eigenvalue weighted by Crippen LogP contribution is -2.67. The number of benzene rings is 2. The topological polar surface area (TPSA) is 65.6 Å². The van der Waals surface area contributed by atoms with Crippen LogP contribution in [0.25, 0.3) is 10.9 Å². The Labute approximate surface area is 194 Å². The van der Waals surface area contributed by atoms with E-state index in [1.165, 1.54) is 0 Å². The third kappa shape index (κ3) is 3.23. The molecule has 0 aliphatic carbocycles. The minimum Gasteiger partial charge on any atom is -0.496 e. The van der Waals surface area contributed by atoms with Gasteiger partial charge >= 0.3 is 0 Å². The number of methoxy groups -OCH3 is 1. The first kappa shape index (κ1) is 21.6. The highest BCUT2D eigenvalue weighted by Crippen LogP contribution is 2.49. The molecule has 6 heteroatoms. The molecule has 2 aliphatic heterocycles. The molecule has 5 rings (SSSR count). The van der Waals surface area contributed by atoms with Crippen LogP contribution in [0.3, 0.4) is 0 Å². The Bertz CT molecular complexity index is 1220. The third-order valence-electron chi connectivity index (χ3n) is 7.36. The van der Waals surface area contributed by atoms with Crippen molar-refractivity contribution in [3.63, 3.8) is 0 Å². The quantitative estimate of drug-likeness (QED) is 0.572. The Morgan fingerprint density at radius 2 is 1.85 bits per heavy atom. The largest absolute Gasteiger partial charge is 0.496 e. The molecular formula is C27H31N3O3. The maximum absolute atomic E-state index is 13.9. The molecule has 1 fully saturated rings. The first-order chi connectivity index (χ1) is 16.0. The summed E-state index contributed by atoms with van der Waals surface area (Å²) in [6.07, 6.45) is 3.03. The second-order valence-electron chi connectivity index (χ2n) is 9.26. The van der Waals surface area contributed by atoms with Crippen molar-refractivity contribution in [3.05, 3.63) is 65.4 Å². The second kappa shape index (κ2) is 8.25. The molecule has 0 radical (unpaired) electrons. The van der Waals surface area contributed by atoms with Crippen molar-refractivity contribution in [2.45, 2.75) is 44.6 Å². The lowest BCUT2D eigenvalue weighted by molar-refractivity contribution is -0.166. The van der Waals surface area contributed by atoms with Gasteiger partial charge in [0.25, 0.3) is 5.91 Å². The molecule has 1 N–H and O–H groups in total. The Morgan fingerprint density at radius 3 is 2.64 bits per heavy atom. The molecule has 2 aromatic carbocycles. The number of para-hydroxylation sites is 2. The van der Waals surface area contributed by atoms with Crippen LogP contribution in [0.1, 0.15) is 55.8 Å². The Kier molecular flexibility index (Phi) is 5.39. The lowest BCUT2D eigenvalue weighted by Gasteiger charge is -2.51. The van der Waals surface area contributed by atoms with E-state index in [1.807, 2.05) is 43.3 Å². The van der Waals surface area contributed by atoms with Gasteiger partial charge in [0, 0.05) is 35.5 Å². The van der Waals surface area contributed by atoms with Gasteiger partial charge in [-0.2, -0.15) is 0 Å². The average Bonchev–Trinajstić information content (AvgIpc) is 3.23. The summed E-state index contributed by atoms with van der Waals surface area (Å²) in [6.45, 7) is 5.26. The van der Waals surface area contributed by atoms with E-state index in [-0.39, 0.29) is 24.3 Å². The Morgan fingerprint density at radius 1 is 1.09 bits per heavy atom. The molecule has 6 nitrogen and oxygen atoms in total. The van der Waals surface area contributed by atoms with Crippen LogP contribution in [0.2, 0.25) is 0 Å². The van der Waals surface area contributed by atoms with Crippen molar-refractivity contribution in [1.29, 1.82) is 0 Å². The predicted octanol–water partition coefficient (Wildman–Crippen LogP) is 4.40. The number of H-pyrrole nitrogens is 1. The molecule has 2 atom stereocenters. The average molecular weight is 446 g/mol. The number of carbonyl (C=O) groups is 2. The van der Waals surface area contributed by atoms with E-state index in [2.05, 4.69) is 24.0 Å². The van der Waals surface area contributed by atoms with E-state index in [0.717, 1.165) is 52.7 Å². The summed E-state index contributed by atoms with van der Waals surface area (Å²) in [5.74, 6) is 0.699. The van der Waals surface area contributed by atoms with Gasteiger partial charge in [-0.3, -0.25) is 9.59 Å². The van der Waals surface area contributed by atoms with Gasteiger partial charge in [-0.15, -0.1) is 0 Å². The van der Waals surface area contributed by atoms with E-state index < -0.39 is 5.54 Å². The molecule has 1 aromatic heterocycles. The molecule has 0 spiro atoms. The minimum atomic E-state index is -1.05. The normalized spacial score (nSPS) is 22.5. The molecule has 0 unspecified atom stereocenters. The third-order valence-corrected chi connectivity index (χ3v) is 7.36. The number of amides is 2. The molecule has 33 heavy (non-hydrogen) atoms. The highest BCUT2D eigenvalue weighted by Gasteiger charge is 2.56. The number of aromatic nitrogens is 1. The molecule has 2 amide bonds. The highest BCUT2D eigenvalue weighted by molar-refractivity contribution is 6.01. The molecule has 2 aliphatic rings. The summed E-state index contributed by atoms with van der Waals surface area (Å²) >= 11 is 0. The van der Waals surface area contributed by atoms with Crippen molar-refractivity contribution in [3.8, 4) is 5.75 Å². The van der Waals surface area contributed by atoms with Crippen LogP contribution in [0.4, 0.5) is 0 Å². The van der Waals surface area contributed by atoms with Crippen molar-refractivity contribution in [1.82, 2.24) is 14.8 Å². The van der Waals surface area contributed by atoms with Crippen molar-refractivity contribution in [2.75, 3.05) is 26.7 Å². The van der Waals surface area contributed by atoms with E-state index in [4.69, 9.17) is 4.74 Å². The first-order valence-corrected chi connectivity index (χ1v) is 11.8. The van der Waals surface area contributed by atoms with Gasteiger partial charge in [0.05, 0.1) is 19.3 Å². The van der Waals surface area contributed by atoms with Crippen LogP contribution in [-0.2, 0) is 15.1 Å². The molecule has 0 bridgehead atoms.